The van der Waals surface area contributed by atoms with Crippen LogP contribution in [0.15, 0.2) is 122 Å². The van der Waals surface area contributed by atoms with E-state index >= 15 is 0 Å². The van der Waals surface area contributed by atoms with Gasteiger partial charge in [-0.3, -0.25) is 9.59 Å². The molecule has 6 N–H and O–H groups in total. The van der Waals surface area contributed by atoms with E-state index in [-0.39, 0.29) is 19.4 Å². The molecule has 0 saturated carbocycles. The van der Waals surface area contributed by atoms with E-state index in [1.54, 1.807) is 6.08 Å². The molecule has 1 fully saturated rings. The zero-order chi connectivity index (χ0) is 56.1. The van der Waals surface area contributed by atoms with Crippen LogP contribution in [-0.2, 0) is 23.8 Å². The van der Waals surface area contributed by atoms with Crippen LogP contribution in [-0.4, -0.2) is 99.6 Å². The molecule has 0 bridgehead atoms. The van der Waals surface area contributed by atoms with Gasteiger partial charge in [-0.05, 0) is 96.3 Å². The number of carbonyl (C=O) groups is 2. The summed E-state index contributed by atoms with van der Waals surface area (Å²) in [6.45, 7) is 5.49. The minimum Gasteiger partial charge on any atom is -0.454 e. The lowest BCUT2D eigenvalue weighted by Gasteiger charge is -2.41. The highest BCUT2D eigenvalue weighted by Crippen LogP contribution is 2.26. The number of amides is 1. The van der Waals surface area contributed by atoms with Crippen LogP contribution >= 0.6 is 0 Å². The molecule has 1 rings (SSSR count). The first-order chi connectivity index (χ1) is 37.7. The maximum absolute atomic E-state index is 13.4. The number of carbonyl (C=O) groups excluding carboxylic acids is 2. The van der Waals surface area contributed by atoms with E-state index < -0.39 is 67.4 Å². The first kappa shape index (κ1) is 71.1. The van der Waals surface area contributed by atoms with Gasteiger partial charge < -0.3 is 45.1 Å². The molecule has 0 aliphatic carbocycles. The summed E-state index contributed by atoms with van der Waals surface area (Å²) in [5.41, 5.74) is 0. The van der Waals surface area contributed by atoms with Gasteiger partial charge in [-0.1, -0.05) is 239 Å². The normalized spacial score (nSPS) is 19.9. The van der Waals surface area contributed by atoms with Crippen LogP contribution in [0.25, 0.3) is 0 Å². The van der Waals surface area contributed by atoms with Gasteiger partial charge in [0.2, 0.25) is 5.91 Å². The van der Waals surface area contributed by atoms with Gasteiger partial charge in [0, 0.05) is 6.42 Å². The van der Waals surface area contributed by atoms with Gasteiger partial charge in [0.15, 0.2) is 12.4 Å². The fraction of sp³-hybridized carbons (Fsp3) is 0.667. The van der Waals surface area contributed by atoms with Crippen molar-refractivity contribution in [3.05, 3.63) is 122 Å². The molecular weight excluding hydrogens is 967 g/mol. The molecule has 0 spiro atoms. The number of nitrogens with one attached hydrogen (secondary N) is 1. The Balaban J connectivity index is 2.68. The van der Waals surface area contributed by atoms with Crippen molar-refractivity contribution < 1.29 is 49.3 Å². The second-order valence-electron chi connectivity index (χ2n) is 20.4. The smallest absolute Gasteiger partial charge is 0.306 e. The molecular formula is C66H109NO10. The molecule has 11 heteroatoms. The number of allylic oxidation sites excluding steroid dienone is 19. The highest BCUT2D eigenvalue weighted by Gasteiger charge is 2.47. The van der Waals surface area contributed by atoms with Gasteiger partial charge in [0.1, 0.15) is 24.4 Å². The maximum Gasteiger partial charge on any atom is 0.306 e. The summed E-state index contributed by atoms with van der Waals surface area (Å²) in [6, 6.07) is -1.04. The maximum atomic E-state index is 13.4. The molecule has 8 atom stereocenters. The number of ether oxygens (including phenoxy) is 3. The van der Waals surface area contributed by atoms with Crippen molar-refractivity contribution in [3.8, 4) is 0 Å². The number of hydrogen-bond donors (Lipinski definition) is 6. The first-order valence-electron chi connectivity index (χ1n) is 30.3. The average molecular weight is 1080 g/mol. The second-order valence-corrected chi connectivity index (χ2v) is 20.4. The number of rotatable bonds is 49. The van der Waals surface area contributed by atoms with Crippen LogP contribution in [0.3, 0.4) is 0 Å². The van der Waals surface area contributed by atoms with Gasteiger partial charge in [0.05, 0.1) is 25.4 Å². The Kier molecular flexibility index (Phi) is 48.7. The lowest BCUT2D eigenvalue weighted by Crippen LogP contribution is -2.61. The Labute approximate surface area is 468 Å². The number of esters is 1. The van der Waals surface area contributed by atoms with Crippen molar-refractivity contribution in [2.75, 3.05) is 13.2 Å². The Morgan fingerprint density at radius 1 is 0.532 bits per heavy atom. The number of aliphatic hydroxyl groups is 5. The molecule has 8 unspecified atom stereocenters. The van der Waals surface area contributed by atoms with Crippen molar-refractivity contribution in [1.82, 2.24) is 5.32 Å². The Bertz CT molecular complexity index is 1710. The Hall–Kier alpha value is -3.94. The van der Waals surface area contributed by atoms with Gasteiger partial charge in [0.25, 0.3) is 0 Å². The highest BCUT2D eigenvalue weighted by molar-refractivity contribution is 5.80. The van der Waals surface area contributed by atoms with Crippen molar-refractivity contribution in [2.24, 2.45) is 0 Å². The predicted octanol–water partition coefficient (Wildman–Crippen LogP) is 14.3. The first-order valence-corrected chi connectivity index (χ1v) is 30.3. The molecule has 0 aromatic carbocycles. The van der Waals surface area contributed by atoms with E-state index in [0.29, 0.717) is 12.8 Å². The largest absolute Gasteiger partial charge is 0.454 e. The fourth-order valence-electron chi connectivity index (χ4n) is 8.65. The fourth-order valence-corrected chi connectivity index (χ4v) is 8.65. The van der Waals surface area contributed by atoms with Crippen LogP contribution in [0.5, 0.6) is 0 Å². The molecule has 1 saturated heterocycles. The van der Waals surface area contributed by atoms with Gasteiger partial charge in [-0.15, -0.1) is 0 Å². The third-order valence-corrected chi connectivity index (χ3v) is 13.4. The standard InChI is InChI=1S/C66H109NO10/c1-4-7-10-13-16-19-22-24-26-27-28-29-30-31-32-33-34-36-39-42-45-48-51-54-61(71)77-64-63(73)62(72)60(55-68)76-66(64)75-56-57(58(69)52-49-46-43-40-37-21-18-15-12-9-6-3)67-65(74)59(70)53-50-47-44-41-38-35-25-23-20-17-14-11-8-5-2/h7-8,10-11,14,16-17,19-20,23-24,26,28-29,31-32,34,36,49,52,57-60,62-64,66,68-70,72-73H,4-6,9,12-13,15,18,21-22,25,27,30,33,35,37-48,50-51,53-56H2,1-3H3,(H,67,74)/b10-7-,11-8+,17-14+,19-16-,23-20+,26-24-,29-28-,32-31-,36-34-,52-49+. The molecule has 0 radical (unpaired) electrons. The van der Waals surface area contributed by atoms with Crippen molar-refractivity contribution >= 4 is 11.9 Å². The monoisotopic (exact) mass is 1080 g/mol. The second kappa shape index (κ2) is 52.7. The molecule has 77 heavy (non-hydrogen) atoms. The lowest BCUT2D eigenvalue weighted by atomic mass is 9.99. The summed E-state index contributed by atoms with van der Waals surface area (Å²) in [5, 5.41) is 56.9. The zero-order valence-electron chi connectivity index (χ0n) is 48.3. The highest BCUT2D eigenvalue weighted by atomic mass is 16.7. The zero-order valence-corrected chi connectivity index (χ0v) is 48.3. The quantitative estimate of drug-likeness (QED) is 0.0149. The van der Waals surface area contributed by atoms with Crippen LogP contribution in [0.4, 0.5) is 0 Å². The molecule has 11 nitrogen and oxygen atoms in total. The molecule has 438 valence electrons. The van der Waals surface area contributed by atoms with E-state index in [9.17, 15) is 35.1 Å². The Morgan fingerprint density at radius 3 is 1.55 bits per heavy atom. The van der Waals surface area contributed by atoms with Crippen molar-refractivity contribution in [1.29, 1.82) is 0 Å². The minimum absolute atomic E-state index is 0.0850. The molecule has 0 aromatic rings. The SMILES string of the molecule is CC/C=C\C/C=C\C/C=C\C/C=C\C/C=C\C/C=C\CCCCCCC(=O)OC1C(OCC(NC(=O)C(O)CCCCCCCC/C=C/C=C/C=C/CC)C(O)/C=C/CCCCCCCCCCC)OC(CO)C(O)C1O. The van der Waals surface area contributed by atoms with E-state index in [0.717, 1.165) is 135 Å². The molecule has 1 aliphatic rings. The molecule has 1 amide bonds. The minimum atomic E-state index is -1.63. The molecule has 1 aliphatic heterocycles. The lowest BCUT2D eigenvalue weighted by molar-refractivity contribution is -0.305. The summed E-state index contributed by atoms with van der Waals surface area (Å²) >= 11 is 0. The van der Waals surface area contributed by atoms with Crippen LogP contribution in [0, 0.1) is 0 Å². The van der Waals surface area contributed by atoms with Gasteiger partial charge >= 0.3 is 5.97 Å². The Morgan fingerprint density at radius 2 is 1.00 bits per heavy atom. The van der Waals surface area contributed by atoms with E-state index in [2.05, 4.69) is 123 Å². The predicted molar refractivity (Wildman–Crippen MR) is 319 cm³/mol. The number of aliphatic hydroxyl groups excluding tert-OH is 5. The van der Waals surface area contributed by atoms with Crippen LogP contribution in [0.1, 0.15) is 220 Å². The third kappa shape index (κ3) is 40.8. The number of unbranched alkanes of at least 4 members (excludes halogenated alkanes) is 19. The van der Waals surface area contributed by atoms with Crippen LogP contribution < -0.4 is 5.32 Å². The van der Waals surface area contributed by atoms with Crippen LogP contribution in [0.2, 0.25) is 0 Å². The van der Waals surface area contributed by atoms with E-state index in [4.69, 9.17) is 14.2 Å². The third-order valence-electron chi connectivity index (χ3n) is 13.4. The van der Waals surface area contributed by atoms with Gasteiger partial charge in [-0.25, -0.2) is 0 Å². The molecule has 0 aromatic heterocycles. The topological polar surface area (TPSA) is 175 Å². The van der Waals surface area contributed by atoms with E-state index in [1.165, 1.54) is 38.5 Å². The average Bonchev–Trinajstić information content (AvgIpc) is 3.43. The summed E-state index contributed by atoms with van der Waals surface area (Å²) in [7, 11) is 0. The summed E-state index contributed by atoms with van der Waals surface area (Å²) in [5.74, 6) is -1.24. The molecule has 1 heterocycles. The summed E-state index contributed by atoms with van der Waals surface area (Å²) < 4.78 is 17.6. The van der Waals surface area contributed by atoms with Gasteiger partial charge in [-0.2, -0.15) is 0 Å². The van der Waals surface area contributed by atoms with E-state index in [1.807, 2.05) is 18.2 Å². The van der Waals surface area contributed by atoms with Crippen molar-refractivity contribution in [2.45, 2.75) is 269 Å². The number of hydrogen-bond acceptors (Lipinski definition) is 10. The summed E-state index contributed by atoms with van der Waals surface area (Å²) in [4.78, 5) is 26.5. The van der Waals surface area contributed by atoms with Crippen molar-refractivity contribution in [3.63, 3.8) is 0 Å². The summed E-state index contributed by atoms with van der Waals surface area (Å²) in [6.07, 6.45) is 62.4.